The van der Waals surface area contributed by atoms with Crippen molar-refractivity contribution in [2.24, 2.45) is 0 Å². The molecule has 0 spiro atoms. The van der Waals surface area contributed by atoms with Crippen LogP contribution in [-0.4, -0.2) is 10.0 Å². The Labute approximate surface area is 105 Å². The first-order valence-corrected chi connectivity index (χ1v) is 5.96. The molecule has 0 fully saturated rings. The Morgan fingerprint density at radius 3 is 2.06 bits per heavy atom. The van der Waals surface area contributed by atoms with E-state index in [4.69, 9.17) is 0 Å². The summed E-state index contributed by atoms with van der Waals surface area (Å²) >= 11 is 3.04. The zero-order valence-electron chi connectivity index (χ0n) is 10.2. The van der Waals surface area contributed by atoms with Crippen LogP contribution in [0.15, 0.2) is 16.6 Å². The average Bonchev–Trinajstić information content (AvgIpc) is 2.31. The number of benzene rings is 1. The van der Waals surface area contributed by atoms with E-state index in [-0.39, 0.29) is 11.4 Å². The maximum absolute atomic E-state index is 10.3. The summed E-state index contributed by atoms with van der Waals surface area (Å²) in [4.78, 5) is 9.68. The van der Waals surface area contributed by atoms with Crippen LogP contribution in [0.5, 0.6) is 5.75 Å². The second kappa shape index (κ2) is 9.15. The highest BCUT2D eigenvalue weighted by atomic mass is 79.9. The van der Waals surface area contributed by atoms with Crippen LogP contribution in [0.25, 0.3) is 0 Å². The molecule has 0 heterocycles. The number of hydrogen-bond donors (Lipinski definition) is 1. The first kappa shape index (κ1) is 17.3. The van der Waals surface area contributed by atoms with Crippen LogP contribution in [0.4, 0.5) is 5.69 Å². The molecule has 0 aliphatic carbocycles. The lowest BCUT2D eigenvalue weighted by Crippen LogP contribution is -1.89. The SMILES string of the molecule is CC.CC.Cc1ccc([N+](=O)[O-])c(O)c1Br. The summed E-state index contributed by atoms with van der Waals surface area (Å²) in [6.07, 6.45) is 0. The van der Waals surface area contributed by atoms with E-state index in [1.54, 1.807) is 13.0 Å². The van der Waals surface area contributed by atoms with Crippen LogP contribution in [0.1, 0.15) is 33.3 Å². The minimum absolute atomic E-state index is 0.285. The molecule has 5 heteroatoms. The standard InChI is InChI=1S/C7H6BrNO3.2C2H6/c1-4-2-3-5(9(11)12)7(10)6(4)8;2*1-2/h2-3,10H,1H3;2*1-2H3. The van der Waals surface area contributed by atoms with Crippen LogP contribution in [0, 0.1) is 17.0 Å². The molecule has 0 aliphatic rings. The Morgan fingerprint density at radius 1 is 1.25 bits per heavy atom. The van der Waals surface area contributed by atoms with Crippen LogP contribution >= 0.6 is 15.9 Å². The predicted octanol–water partition coefficient (Wildman–Crippen LogP) is 4.42. The van der Waals surface area contributed by atoms with Gasteiger partial charge in [-0.25, -0.2) is 0 Å². The number of rotatable bonds is 1. The second-order valence-electron chi connectivity index (χ2n) is 2.32. The fourth-order valence-electron chi connectivity index (χ4n) is 0.803. The van der Waals surface area contributed by atoms with Crippen LogP contribution in [0.2, 0.25) is 0 Å². The molecule has 0 bridgehead atoms. The summed E-state index contributed by atoms with van der Waals surface area (Å²) in [5.74, 6) is -0.319. The fourth-order valence-corrected chi connectivity index (χ4v) is 1.14. The quantitative estimate of drug-likeness (QED) is 0.615. The fraction of sp³-hybridized carbons (Fsp3) is 0.455. The minimum Gasteiger partial charge on any atom is -0.501 e. The van der Waals surface area contributed by atoms with Gasteiger partial charge >= 0.3 is 5.69 Å². The first-order valence-electron chi connectivity index (χ1n) is 5.16. The Bertz CT molecular complexity index is 340. The number of hydrogen-bond acceptors (Lipinski definition) is 3. The molecule has 0 aliphatic heterocycles. The highest BCUT2D eigenvalue weighted by Gasteiger charge is 2.16. The molecule has 0 radical (unpaired) electrons. The number of phenolic OH excluding ortho intramolecular Hbond substituents is 1. The Morgan fingerprint density at radius 2 is 1.69 bits per heavy atom. The van der Waals surface area contributed by atoms with E-state index in [9.17, 15) is 15.2 Å². The number of aryl methyl sites for hydroxylation is 1. The summed E-state index contributed by atoms with van der Waals surface area (Å²) in [7, 11) is 0. The van der Waals surface area contributed by atoms with Crippen molar-refractivity contribution in [3.63, 3.8) is 0 Å². The number of nitrogens with zero attached hydrogens (tertiary/aromatic N) is 1. The molecule has 1 aromatic rings. The van der Waals surface area contributed by atoms with Gasteiger partial charge in [-0.3, -0.25) is 10.1 Å². The maximum atomic E-state index is 10.3. The van der Waals surface area contributed by atoms with E-state index in [1.165, 1.54) is 6.07 Å². The van der Waals surface area contributed by atoms with Crippen molar-refractivity contribution >= 4 is 21.6 Å². The molecule has 0 saturated carbocycles. The van der Waals surface area contributed by atoms with Crippen LogP contribution in [0.3, 0.4) is 0 Å². The lowest BCUT2D eigenvalue weighted by Gasteiger charge is -2.00. The predicted molar refractivity (Wildman–Crippen MR) is 69.9 cm³/mol. The number of nitro benzene ring substituents is 1. The average molecular weight is 292 g/mol. The summed E-state index contributed by atoms with van der Waals surface area (Å²) in [5, 5.41) is 19.6. The lowest BCUT2D eigenvalue weighted by molar-refractivity contribution is -0.386. The summed E-state index contributed by atoms with van der Waals surface area (Å²) < 4.78 is 0.372. The minimum atomic E-state index is -0.625. The van der Waals surface area contributed by atoms with Gasteiger partial charge < -0.3 is 5.11 Å². The first-order chi connectivity index (χ1) is 7.54. The van der Waals surface area contributed by atoms with Gasteiger partial charge in [-0.15, -0.1) is 0 Å². The van der Waals surface area contributed by atoms with E-state index < -0.39 is 4.92 Å². The van der Waals surface area contributed by atoms with Gasteiger partial charge in [-0.1, -0.05) is 33.8 Å². The number of halogens is 1. The van der Waals surface area contributed by atoms with Gasteiger partial charge in [0, 0.05) is 6.07 Å². The van der Waals surface area contributed by atoms with Gasteiger partial charge in [0.15, 0.2) is 0 Å². The van der Waals surface area contributed by atoms with Crippen LogP contribution < -0.4 is 0 Å². The molecule has 1 N–H and O–H groups in total. The molecule has 0 amide bonds. The topological polar surface area (TPSA) is 63.4 Å². The molecule has 4 nitrogen and oxygen atoms in total. The molecule has 1 rings (SSSR count). The van der Waals surface area contributed by atoms with Gasteiger partial charge in [-0.05, 0) is 28.4 Å². The third-order valence-electron chi connectivity index (χ3n) is 1.48. The Hall–Kier alpha value is -1.10. The summed E-state index contributed by atoms with van der Waals surface area (Å²) in [6.45, 7) is 9.74. The molecule has 16 heavy (non-hydrogen) atoms. The van der Waals surface area contributed by atoms with Gasteiger partial charge in [0.1, 0.15) is 0 Å². The van der Waals surface area contributed by atoms with E-state index in [0.29, 0.717) is 4.47 Å². The normalized spacial score (nSPS) is 8.12. The zero-order valence-corrected chi connectivity index (χ0v) is 11.8. The van der Waals surface area contributed by atoms with Gasteiger partial charge in [0.05, 0.1) is 9.40 Å². The van der Waals surface area contributed by atoms with Crippen molar-refractivity contribution in [3.05, 3.63) is 32.3 Å². The van der Waals surface area contributed by atoms with Gasteiger partial charge in [0.2, 0.25) is 5.75 Å². The molecule has 92 valence electrons. The molecule has 0 aromatic heterocycles. The molecular weight excluding hydrogens is 274 g/mol. The second-order valence-corrected chi connectivity index (χ2v) is 3.11. The smallest absolute Gasteiger partial charge is 0.311 e. The monoisotopic (exact) mass is 291 g/mol. The maximum Gasteiger partial charge on any atom is 0.311 e. The van der Waals surface area contributed by atoms with E-state index in [1.807, 2.05) is 27.7 Å². The van der Waals surface area contributed by atoms with Crippen molar-refractivity contribution in [2.75, 3.05) is 0 Å². The number of aromatic hydroxyl groups is 1. The highest BCUT2D eigenvalue weighted by molar-refractivity contribution is 9.10. The third kappa shape index (κ3) is 4.61. The third-order valence-corrected chi connectivity index (χ3v) is 2.49. The summed E-state index contributed by atoms with van der Waals surface area (Å²) in [6, 6.07) is 2.84. The van der Waals surface area contributed by atoms with E-state index in [2.05, 4.69) is 15.9 Å². The van der Waals surface area contributed by atoms with Crippen molar-refractivity contribution in [1.29, 1.82) is 0 Å². The van der Waals surface area contributed by atoms with Crippen molar-refractivity contribution in [1.82, 2.24) is 0 Å². The number of nitro groups is 1. The van der Waals surface area contributed by atoms with Crippen molar-refractivity contribution < 1.29 is 10.0 Å². The van der Waals surface area contributed by atoms with Crippen molar-refractivity contribution in [2.45, 2.75) is 34.6 Å². The molecule has 0 atom stereocenters. The molecular formula is C11H18BrNO3. The van der Waals surface area contributed by atoms with E-state index in [0.717, 1.165) is 5.56 Å². The highest BCUT2D eigenvalue weighted by Crippen LogP contribution is 2.35. The molecule has 0 unspecified atom stereocenters. The largest absolute Gasteiger partial charge is 0.501 e. The summed E-state index contributed by atoms with van der Waals surface area (Å²) in [5.41, 5.74) is 0.477. The lowest BCUT2D eigenvalue weighted by atomic mass is 10.2. The Balaban J connectivity index is 0. The number of phenols is 1. The Kier molecular flexibility index (Phi) is 9.89. The molecule has 0 saturated heterocycles. The van der Waals surface area contributed by atoms with Crippen molar-refractivity contribution in [3.8, 4) is 5.75 Å². The molecule has 1 aromatic carbocycles. The zero-order chi connectivity index (χ0) is 13.3. The van der Waals surface area contributed by atoms with Gasteiger partial charge in [0.25, 0.3) is 0 Å². The van der Waals surface area contributed by atoms with Gasteiger partial charge in [-0.2, -0.15) is 0 Å². The van der Waals surface area contributed by atoms with Crippen LogP contribution in [-0.2, 0) is 0 Å². The van der Waals surface area contributed by atoms with E-state index >= 15 is 0 Å².